The van der Waals surface area contributed by atoms with Gasteiger partial charge in [0.05, 0.1) is 11.1 Å². The van der Waals surface area contributed by atoms with Crippen LogP contribution in [0.4, 0.5) is 0 Å². The molecule has 0 bridgehead atoms. The third-order valence-electron chi connectivity index (χ3n) is 5.53. The Balaban J connectivity index is 1.20. The molecule has 2 aromatic carbocycles. The van der Waals surface area contributed by atoms with E-state index in [1.807, 2.05) is 53.9 Å². The summed E-state index contributed by atoms with van der Waals surface area (Å²) >= 11 is 2.71. The number of benzene rings is 2. The molecule has 34 heavy (non-hydrogen) atoms. The summed E-state index contributed by atoms with van der Waals surface area (Å²) in [6, 6.07) is 15.7. The molecule has 0 atom stereocenters. The lowest BCUT2D eigenvalue weighted by molar-refractivity contribution is -0.118. The Bertz CT molecular complexity index is 1400. The van der Waals surface area contributed by atoms with E-state index in [-0.39, 0.29) is 17.2 Å². The smallest absolute Gasteiger partial charge is 0.263 e. The number of hydrogen-bond acceptors (Lipinski definition) is 7. The van der Waals surface area contributed by atoms with Crippen LogP contribution in [0.5, 0.6) is 11.5 Å². The van der Waals surface area contributed by atoms with E-state index >= 15 is 0 Å². The highest BCUT2D eigenvalue weighted by Crippen LogP contribution is 2.32. The van der Waals surface area contributed by atoms with Crippen molar-refractivity contribution in [2.45, 2.75) is 11.6 Å². The number of nitrogens with one attached hydrogen (secondary N) is 1. The maximum atomic E-state index is 13.1. The lowest BCUT2D eigenvalue weighted by Crippen LogP contribution is -2.28. The zero-order valence-corrected chi connectivity index (χ0v) is 20.2. The third-order valence-corrected chi connectivity index (χ3v) is 7.44. The highest BCUT2D eigenvalue weighted by atomic mass is 32.2. The van der Waals surface area contributed by atoms with Gasteiger partial charge in [-0.1, -0.05) is 48.2 Å². The monoisotopic (exact) mass is 493 g/mol. The van der Waals surface area contributed by atoms with Crippen LogP contribution in [-0.2, 0) is 18.3 Å². The van der Waals surface area contributed by atoms with E-state index in [1.165, 1.54) is 27.7 Å². The molecule has 0 spiro atoms. The Morgan fingerprint density at radius 2 is 1.94 bits per heavy atom. The van der Waals surface area contributed by atoms with Gasteiger partial charge in [-0.2, -0.15) is 0 Å². The second kappa shape index (κ2) is 9.90. The SMILES string of the molecule is Cn1c(SCC(=O)NCCc2ccc3c(c2)OCCO3)nc2scc(-c3ccccc3)c2c1=O. The zero-order valence-electron chi connectivity index (χ0n) is 18.6. The molecular weight excluding hydrogens is 470 g/mol. The van der Waals surface area contributed by atoms with Gasteiger partial charge >= 0.3 is 0 Å². The predicted octanol–water partition coefficient (Wildman–Crippen LogP) is 3.88. The van der Waals surface area contributed by atoms with Crippen molar-refractivity contribution in [2.24, 2.45) is 7.05 Å². The van der Waals surface area contributed by atoms with Crippen molar-refractivity contribution in [3.8, 4) is 22.6 Å². The van der Waals surface area contributed by atoms with Crippen LogP contribution >= 0.6 is 23.1 Å². The van der Waals surface area contributed by atoms with Crippen molar-refractivity contribution < 1.29 is 14.3 Å². The number of hydrogen-bond donors (Lipinski definition) is 1. The van der Waals surface area contributed by atoms with Crippen LogP contribution in [0.25, 0.3) is 21.3 Å². The quantitative estimate of drug-likeness (QED) is 0.311. The fourth-order valence-corrected chi connectivity index (χ4v) is 5.57. The molecule has 0 unspecified atom stereocenters. The first kappa shape index (κ1) is 22.5. The van der Waals surface area contributed by atoms with Crippen molar-refractivity contribution in [1.29, 1.82) is 0 Å². The number of thioether (sulfide) groups is 1. The van der Waals surface area contributed by atoms with Crippen LogP contribution in [0.1, 0.15) is 5.56 Å². The van der Waals surface area contributed by atoms with E-state index in [1.54, 1.807) is 7.05 Å². The number of fused-ring (bicyclic) bond motifs is 2. The second-order valence-corrected chi connectivity index (χ2v) is 9.62. The summed E-state index contributed by atoms with van der Waals surface area (Å²) in [7, 11) is 1.70. The molecule has 1 amide bonds. The molecule has 0 radical (unpaired) electrons. The number of thiophene rings is 1. The van der Waals surface area contributed by atoms with Crippen LogP contribution in [-0.4, -0.2) is 41.0 Å². The molecule has 1 aliphatic rings. The van der Waals surface area contributed by atoms with Gasteiger partial charge < -0.3 is 14.8 Å². The lowest BCUT2D eigenvalue weighted by atomic mass is 10.1. The van der Waals surface area contributed by atoms with Gasteiger partial charge in [0.25, 0.3) is 5.56 Å². The minimum Gasteiger partial charge on any atom is -0.486 e. The first-order chi connectivity index (χ1) is 16.6. The maximum absolute atomic E-state index is 13.1. The third kappa shape index (κ3) is 4.67. The molecule has 174 valence electrons. The molecule has 0 fully saturated rings. The maximum Gasteiger partial charge on any atom is 0.263 e. The lowest BCUT2D eigenvalue weighted by Gasteiger charge is -2.18. The van der Waals surface area contributed by atoms with E-state index in [0.29, 0.717) is 41.6 Å². The van der Waals surface area contributed by atoms with Crippen LogP contribution < -0.4 is 20.3 Å². The number of ether oxygens (including phenoxy) is 2. The Morgan fingerprint density at radius 1 is 1.15 bits per heavy atom. The zero-order chi connectivity index (χ0) is 23.5. The molecule has 7 nitrogen and oxygen atoms in total. The van der Waals surface area contributed by atoms with Crippen molar-refractivity contribution in [2.75, 3.05) is 25.5 Å². The number of nitrogens with zero attached hydrogens (tertiary/aromatic N) is 2. The predicted molar refractivity (Wildman–Crippen MR) is 135 cm³/mol. The summed E-state index contributed by atoms with van der Waals surface area (Å²) in [5.41, 5.74) is 2.85. The number of rotatable bonds is 7. The molecule has 0 saturated heterocycles. The molecule has 1 aliphatic heterocycles. The number of amides is 1. The van der Waals surface area contributed by atoms with Crippen LogP contribution in [0.2, 0.25) is 0 Å². The first-order valence-corrected chi connectivity index (χ1v) is 12.8. The molecule has 2 aromatic heterocycles. The second-order valence-electron chi connectivity index (χ2n) is 7.82. The van der Waals surface area contributed by atoms with Gasteiger partial charge in [0.2, 0.25) is 5.91 Å². The Morgan fingerprint density at radius 3 is 2.76 bits per heavy atom. The van der Waals surface area contributed by atoms with Crippen LogP contribution in [0.15, 0.2) is 63.9 Å². The van der Waals surface area contributed by atoms with Gasteiger partial charge in [-0.25, -0.2) is 4.98 Å². The standard InChI is InChI=1S/C25H23N3O4S2/c1-28-24(30)22-18(17-5-3-2-4-6-17)14-33-23(22)27-25(28)34-15-21(29)26-10-9-16-7-8-19-20(13-16)32-12-11-31-19/h2-8,13-14H,9-12,15H2,1H3,(H,26,29). The van der Waals surface area contributed by atoms with Crippen LogP contribution in [0.3, 0.4) is 0 Å². The molecule has 0 aliphatic carbocycles. The average molecular weight is 494 g/mol. The minimum absolute atomic E-state index is 0.104. The van der Waals surface area contributed by atoms with Gasteiger partial charge in [0.1, 0.15) is 18.0 Å². The Hall–Kier alpha value is -3.30. The summed E-state index contributed by atoms with van der Waals surface area (Å²) in [6.07, 6.45) is 0.688. The highest BCUT2D eigenvalue weighted by Gasteiger charge is 2.16. The number of carbonyl (C=O) groups is 1. The minimum atomic E-state index is -0.105. The van der Waals surface area contributed by atoms with Crippen molar-refractivity contribution in [1.82, 2.24) is 14.9 Å². The van der Waals surface area contributed by atoms with Crippen LogP contribution in [0, 0.1) is 0 Å². The normalized spacial score (nSPS) is 12.6. The molecule has 1 N–H and O–H groups in total. The summed E-state index contributed by atoms with van der Waals surface area (Å²) in [4.78, 5) is 30.8. The topological polar surface area (TPSA) is 82.5 Å². The average Bonchev–Trinajstić information content (AvgIpc) is 3.30. The Kier molecular flexibility index (Phi) is 6.55. The molecule has 4 aromatic rings. The van der Waals surface area contributed by atoms with Crippen molar-refractivity contribution >= 4 is 39.2 Å². The summed E-state index contributed by atoms with van der Waals surface area (Å²) < 4.78 is 12.7. The van der Waals surface area contributed by atoms with Gasteiger partial charge in [0.15, 0.2) is 16.7 Å². The molecular formula is C25H23N3O4S2. The summed E-state index contributed by atoms with van der Waals surface area (Å²) in [5.74, 6) is 1.58. The van der Waals surface area contributed by atoms with Gasteiger partial charge in [0, 0.05) is 24.5 Å². The molecule has 3 heterocycles. The van der Waals surface area contributed by atoms with E-state index in [2.05, 4.69) is 10.3 Å². The summed E-state index contributed by atoms with van der Waals surface area (Å²) in [6.45, 7) is 1.62. The highest BCUT2D eigenvalue weighted by molar-refractivity contribution is 7.99. The summed E-state index contributed by atoms with van der Waals surface area (Å²) in [5, 5.41) is 6.05. The van der Waals surface area contributed by atoms with Crippen molar-refractivity contribution in [3.63, 3.8) is 0 Å². The largest absolute Gasteiger partial charge is 0.486 e. The fourth-order valence-electron chi connectivity index (χ4n) is 3.78. The van der Waals surface area contributed by atoms with Gasteiger partial charge in [-0.05, 0) is 29.7 Å². The number of aromatic nitrogens is 2. The molecule has 0 saturated carbocycles. The van der Waals surface area contributed by atoms with Gasteiger partial charge in [-0.15, -0.1) is 11.3 Å². The van der Waals surface area contributed by atoms with E-state index in [9.17, 15) is 9.59 Å². The van der Waals surface area contributed by atoms with E-state index in [0.717, 1.165) is 28.2 Å². The number of carbonyl (C=O) groups excluding carboxylic acids is 1. The van der Waals surface area contributed by atoms with E-state index in [4.69, 9.17) is 9.47 Å². The molecule has 5 rings (SSSR count). The fraction of sp³-hybridized carbons (Fsp3) is 0.240. The first-order valence-electron chi connectivity index (χ1n) is 10.9. The van der Waals surface area contributed by atoms with Gasteiger partial charge in [-0.3, -0.25) is 14.2 Å². The van der Waals surface area contributed by atoms with Crippen molar-refractivity contribution in [3.05, 3.63) is 69.8 Å². The molecule has 9 heteroatoms. The Labute approximate surface area is 204 Å². The van der Waals surface area contributed by atoms with E-state index < -0.39 is 0 Å².